The quantitative estimate of drug-likeness (QED) is 0.568. The van der Waals surface area contributed by atoms with Gasteiger partial charge in [-0.2, -0.15) is 0 Å². The first-order chi connectivity index (χ1) is 14.6. The number of amides is 1. The van der Waals surface area contributed by atoms with Gasteiger partial charge in [-0.3, -0.25) is 9.52 Å². The second-order valence-corrected chi connectivity index (χ2v) is 9.31. The zero-order chi connectivity index (χ0) is 23.0. The van der Waals surface area contributed by atoms with E-state index in [0.717, 1.165) is 16.8 Å². The minimum absolute atomic E-state index is 0.0286. The summed E-state index contributed by atoms with van der Waals surface area (Å²) in [7, 11) is 1.76. The number of nitrogens with zero attached hydrogens (tertiary/aromatic N) is 2. The molecule has 0 fully saturated rings. The Balaban J connectivity index is 2.36. The van der Waals surface area contributed by atoms with Crippen molar-refractivity contribution in [1.82, 2.24) is 4.90 Å². The van der Waals surface area contributed by atoms with Crippen LogP contribution in [0.15, 0.2) is 42.5 Å². The summed E-state index contributed by atoms with van der Waals surface area (Å²) in [6.07, 6.45) is 0.509. The van der Waals surface area contributed by atoms with Gasteiger partial charge in [-0.1, -0.05) is 19.1 Å². The third kappa shape index (κ3) is 7.52. The van der Waals surface area contributed by atoms with Gasteiger partial charge in [0, 0.05) is 45.7 Å². The van der Waals surface area contributed by atoms with Crippen molar-refractivity contribution in [2.24, 2.45) is 0 Å². The fourth-order valence-electron chi connectivity index (χ4n) is 3.17. The summed E-state index contributed by atoms with van der Waals surface area (Å²) in [6.45, 7) is 2.20. The minimum atomic E-state index is -3.44. The Morgan fingerprint density at radius 2 is 1.77 bits per heavy atom. The lowest BCUT2D eigenvalue weighted by Crippen LogP contribution is -2.33. The molecule has 0 spiro atoms. The monoisotopic (exact) mass is 451 g/mol. The van der Waals surface area contributed by atoms with Crippen LogP contribution in [0.25, 0.3) is 0 Å². The highest BCUT2D eigenvalue weighted by Crippen LogP contribution is 2.26. The number of methoxy groups -OCH3 is 1. The third-order valence-corrected chi connectivity index (χ3v) is 6.07. The molecule has 170 valence electrons. The highest BCUT2D eigenvalue weighted by molar-refractivity contribution is 7.92. The summed E-state index contributed by atoms with van der Waals surface area (Å²) in [5, 5.41) is 0. The average molecular weight is 452 g/mol. The number of hydrogen-bond donors (Lipinski definition) is 1. The van der Waals surface area contributed by atoms with E-state index in [9.17, 15) is 17.6 Å². The highest BCUT2D eigenvalue weighted by atomic mass is 32.2. The predicted molar refractivity (Wildman–Crippen MR) is 121 cm³/mol. The molecule has 1 amide bonds. The molecule has 0 aliphatic rings. The van der Waals surface area contributed by atoms with E-state index in [0.29, 0.717) is 12.1 Å². The smallest absolute Gasteiger partial charge is 0.249 e. The van der Waals surface area contributed by atoms with E-state index in [1.54, 1.807) is 36.1 Å². The standard InChI is InChI=1S/C22H30FN3O4S/c1-5-12-31(28,29)24-20-10-11-21(25(2)3)18(13-20)15-26(22(27)16-30-4)14-17-6-8-19(23)9-7-17/h6-11,13,24H,5,12,14-16H2,1-4H3. The van der Waals surface area contributed by atoms with Gasteiger partial charge in [0.2, 0.25) is 15.9 Å². The van der Waals surface area contributed by atoms with Crippen LogP contribution >= 0.6 is 0 Å². The highest BCUT2D eigenvalue weighted by Gasteiger charge is 2.18. The SMILES string of the molecule is CCCS(=O)(=O)Nc1ccc(N(C)C)c(CN(Cc2ccc(F)cc2)C(=O)COC)c1. The average Bonchev–Trinajstić information content (AvgIpc) is 2.68. The van der Waals surface area contributed by atoms with E-state index >= 15 is 0 Å². The summed E-state index contributed by atoms with van der Waals surface area (Å²) >= 11 is 0. The molecule has 0 unspecified atom stereocenters. The Morgan fingerprint density at radius 1 is 1.10 bits per heavy atom. The Labute approximate surface area is 183 Å². The van der Waals surface area contributed by atoms with Gasteiger partial charge in [0.1, 0.15) is 12.4 Å². The molecule has 0 saturated heterocycles. The van der Waals surface area contributed by atoms with Crippen LogP contribution in [0, 0.1) is 5.82 Å². The number of carbonyl (C=O) groups excluding carboxylic acids is 1. The zero-order valence-corrected chi connectivity index (χ0v) is 19.2. The first-order valence-electron chi connectivity index (χ1n) is 9.97. The van der Waals surface area contributed by atoms with Gasteiger partial charge >= 0.3 is 0 Å². The molecule has 0 radical (unpaired) electrons. The van der Waals surface area contributed by atoms with Crippen LogP contribution < -0.4 is 9.62 Å². The number of halogens is 1. The van der Waals surface area contributed by atoms with Crippen molar-refractivity contribution in [2.45, 2.75) is 26.4 Å². The maximum Gasteiger partial charge on any atom is 0.249 e. The molecule has 0 aliphatic heterocycles. The molecular weight excluding hydrogens is 421 g/mol. The fourth-order valence-corrected chi connectivity index (χ4v) is 4.30. The molecule has 0 aliphatic carbocycles. The van der Waals surface area contributed by atoms with E-state index in [-0.39, 0.29) is 37.2 Å². The Kier molecular flexibility index (Phi) is 8.82. The van der Waals surface area contributed by atoms with Crippen molar-refractivity contribution in [2.75, 3.05) is 43.2 Å². The van der Waals surface area contributed by atoms with Gasteiger partial charge in [0.25, 0.3) is 0 Å². The van der Waals surface area contributed by atoms with Gasteiger partial charge in [-0.25, -0.2) is 12.8 Å². The van der Waals surface area contributed by atoms with Crippen molar-refractivity contribution in [3.05, 3.63) is 59.4 Å². The Hall–Kier alpha value is -2.65. The van der Waals surface area contributed by atoms with E-state index in [2.05, 4.69) is 4.72 Å². The summed E-state index contributed by atoms with van der Waals surface area (Å²) in [5.74, 6) is -0.546. The molecule has 0 aromatic heterocycles. The van der Waals surface area contributed by atoms with E-state index in [1.807, 2.05) is 25.1 Å². The number of ether oxygens (including phenoxy) is 1. The van der Waals surface area contributed by atoms with Gasteiger partial charge in [-0.05, 0) is 47.9 Å². The molecular formula is C22H30FN3O4S. The molecule has 0 atom stereocenters. The number of anilines is 2. The van der Waals surface area contributed by atoms with E-state index in [1.165, 1.54) is 19.2 Å². The van der Waals surface area contributed by atoms with Crippen molar-refractivity contribution in [1.29, 1.82) is 0 Å². The van der Waals surface area contributed by atoms with E-state index < -0.39 is 10.0 Å². The van der Waals surface area contributed by atoms with Crippen LogP contribution in [-0.4, -0.2) is 52.8 Å². The van der Waals surface area contributed by atoms with Gasteiger partial charge in [-0.15, -0.1) is 0 Å². The van der Waals surface area contributed by atoms with Gasteiger partial charge in [0.15, 0.2) is 0 Å². The number of carbonyl (C=O) groups is 1. The van der Waals surface area contributed by atoms with Crippen LogP contribution in [-0.2, 0) is 32.6 Å². The Morgan fingerprint density at radius 3 is 2.35 bits per heavy atom. The lowest BCUT2D eigenvalue weighted by molar-refractivity contribution is -0.136. The molecule has 0 bridgehead atoms. The van der Waals surface area contributed by atoms with Crippen molar-refractivity contribution < 1.29 is 22.3 Å². The molecule has 2 rings (SSSR count). The van der Waals surface area contributed by atoms with Crippen molar-refractivity contribution in [3.8, 4) is 0 Å². The van der Waals surface area contributed by atoms with Crippen LogP contribution in [0.5, 0.6) is 0 Å². The summed E-state index contributed by atoms with van der Waals surface area (Å²) in [6, 6.07) is 11.2. The molecule has 7 nitrogen and oxygen atoms in total. The van der Waals surface area contributed by atoms with Gasteiger partial charge in [0.05, 0.1) is 5.75 Å². The molecule has 1 N–H and O–H groups in total. The first kappa shape index (κ1) is 24.6. The molecule has 9 heteroatoms. The zero-order valence-electron chi connectivity index (χ0n) is 18.4. The molecule has 0 saturated carbocycles. The number of nitrogens with one attached hydrogen (secondary N) is 1. The molecule has 0 heterocycles. The third-order valence-electron chi connectivity index (χ3n) is 4.58. The normalized spacial score (nSPS) is 11.3. The summed E-state index contributed by atoms with van der Waals surface area (Å²) < 4.78 is 45.2. The fraction of sp³-hybridized carbons (Fsp3) is 0.409. The lowest BCUT2D eigenvalue weighted by Gasteiger charge is -2.26. The maximum absolute atomic E-state index is 13.3. The number of hydrogen-bond acceptors (Lipinski definition) is 5. The molecule has 31 heavy (non-hydrogen) atoms. The second-order valence-electron chi connectivity index (χ2n) is 7.47. The largest absolute Gasteiger partial charge is 0.377 e. The maximum atomic E-state index is 13.3. The number of benzene rings is 2. The van der Waals surface area contributed by atoms with Crippen LogP contribution in [0.3, 0.4) is 0 Å². The Bertz CT molecular complexity index is 979. The number of rotatable bonds is 11. The van der Waals surface area contributed by atoms with Crippen molar-refractivity contribution in [3.63, 3.8) is 0 Å². The van der Waals surface area contributed by atoms with Crippen LogP contribution in [0.2, 0.25) is 0 Å². The molecule has 2 aromatic rings. The summed E-state index contributed by atoms with van der Waals surface area (Å²) in [4.78, 5) is 16.2. The second kappa shape index (κ2) is 11.1. The number of sulfonamides is 1. The van der Waals surface area contributed by atoms with E-state index in [4.69, 9.17) is 4.74 Å². The molecule has 2 aromatic carbocycles. The minimum Gasteiger partial charge on any atom is -0.377 e. The van der Waals surface area contributed by atoms with Gasteiger partial charge < -0.3 is 14.5 Å². The predicted octanol–water partition coefficient (Wildman–Crippen LogP) is 3.22. The first-order valence-corrected chi connectivity index (χ1v) is 11.6. The van der Waals surface area contributed by atoms with Crippen LogP contribution in [0.1, 0.15) is 24.5 Å². The van der Waals surface area contributed by atoms with Crippen LogP contribution in [0.4, 0.5) is 15.8 Å². The lowest BCUT2D eigenvalue weighted by atomic mass is 10.1. The van der Waals surface area contributed by atoms with Crippen molar-refractivity contribution >= 4 is 27.3 Å². The summed E-state index contributed by atoms with van der Waals surface area (Å²) in [5.41, 5.74) is 2.84. The topological polar surface area (TPSA) is 79.0 Å².